The van der Waals surface area contributed by atoms with Crippen molar-refractivity contribution in [3.63, 3.8) is 0 Å². The van der Waals surface area contributed by atoms with E-state index in [9.17, 15) is 8.42 Å². The maximum Gasteiger partial charge on any atom is 0.178 e. The molecule has 7 heteroatoms. The van der Waals surface area contributed by atoms with Crippen molar-refractivity contribution >= 4 is 15.5 Å². The molecule has 23 heavy (non-hydrogen) atoms. The van der Waals surface area contributed by atoms with Crippen molar-refractivity contribution in [2.45, 2.75) is 30.6 Å². The van der Waals surface area contributed by atoms with Gasteiger partial charge in [-0.2, -0.15) is 0 Å². The summed E-state index contributed by atoms with van der Waals surface area (Å²) in [6.07, 6.45) is 3.93. The van der Waals surface area contributed by atoms with E-state index in [0.717, 1.165) is 37.4 Å². The van der Waals surface area contributed by atoms with Gasteiger partial charge in [-0.15, -0.1) is 10.2 Å². The van der Waals surface area contributed by atoms with E-state index in [1.54, 1.807) is 25.4 Å². The summed E-state index contributed by atoms with van der Waals surface area (Å²) in [6, 6.07) is 7.23. The van der Waals surface area contributed by atoms with Crippen LogP contribution in [0.5, 0.6) is 0 Å². The minimum absolute atomic E-state index is 0.129. The van der Waals surface area contributed by atoms with Gasteiger partial charge in [0.2, 0.25) is 0 Å². The molecule has 0 N–H and O–H groups in total. The normalized spacial score (nSPS) is 19.0. The molecule has 0 saturated carbocycles. The molecule has 124 valence electrons. The van der Waals surface area contributed by atoms with E-state index in [0.29, 0.717) is 10.8 Å². The highest BCUT2D eigenvalue weighted by atomic mass is 32.2. The Labute approximate surface area is 137 Å². The monoisotopic (exact) mass is 334 g/mol. The van der Waals surface area contributed by atoms with Crippen molar-refractivity contribution < 1.29 is 8.42 Å². The third-order valence-electron chi connectivity index (χ3n) is 4.47. The molecule has 2 heterocycles. The molecule has 1 saturated heterocycles. The number of piperidine rings is 1. The van der Waals surface area contributed by atoms with E-state index < -0.39 is 9.84 Å². The van der Waals surface area contributed by atoms with E-state index >= 15 is 0 Å². The molecule has 1 unspecified atom stereocenters. The van der Waals surface area contributed by atoms with Crippen LogP contribution in [0.1, 0.15) is 31.5 Å². The molecule has 0 amide bonds. The summed E-state index contributed by atoms with van der Waals surface area (Å²) in [5.74, 6) is 1.50. The van der Waals surface area contributed by atoms with Crippen LogP contribution in [0.15, 0.2) is 35.5 Å². The lowest BCUT2D eigenvalue weighted by Crippen LogP contribution is -2.35. The van der Waals surface area contributed by atoms with Gasteiger partial charge in [-0.1, -0.05) is 6.92 Å². The quantitative estimate of drug-likeness (QED) is 0.855. The Morgan fingerprint density at radius 1 is 1.26 bits per heavy atom. The Kier molecular flexibility index (Phi) is 4.39. The van der Waals surface area contributed by atoms with Gasteiger partial charge in [0.1, 0.15) is 12.2 Å². The fourth-order valence-corrected chi connectivity index (χ4v) is 4.00. The van der Waals surface area contributed by atoms with Gasteiger partial charge >= 0.3 is 0 Å². The number of nitrogens with zero attached hydrogens (tertiary/aromatic N) is 4. The summed E-state index contributed by atoms with van der Waals surface area (Å²) < 4.78 is 25.8. The standard InChI is InChI=1S/C16H22N4O2S/c1-3-23(21,22)15-8-6-14(7-9-15)20-10-4-5-13(11-20)16-18-17-12-19(16)2/h6-9,12-13H,3-5,10-11H2,1-2H3. The number of aromatic nitrogens is 3. The molecule has 1 atom stereocenters. The van der Waals surface area contributed by atoms with Crippen LogP contribution < -0.4 is 4.90 Å². The fourth-order valence-electron chi connectivity index (χ4n) is 3.12. The number of hydrogen-bond donors (Lipinski definition) is 0. The first-order chi connectivity index (χ1) is 11.0. The summed E-state index contributed by atoms with van der Waals surface area (Å²) in [7, 11) is -1.17. The lowest BCUT2D eigenvalue weighted by molar-refractivity contribution is 0.480. The van der Waals surface area contributed by atoms with E-state index in [1.807, 2.05) is 23.7 Å². The molecule has 3 rings (SSSR count). The third-order valence-corrected chi connectivity index (χ3v) is 6.22. The van der Waals surface area contributed by atoms with E-state index in [-0.39, 0.29) is 5.75 Å². The van der Waals surface area contributed by atoms with Crippen molar-refractivity contribution in [3.05, 3.63) is 36.4 Å². The summed E-state index contributed by atoms with van der Waals surface area (Å²) >= 11 is 0. The zero-order valence-corrected chi connectivity index (χ0v) is 14.3. The predicted octanol–water partition coefficient (Wildman–Crippen LogP) is 1.99. The average Bonchev–Trinajstić information content (AvgIpc) is 3.01. The topological polar surface area (TPSA) is 68.1 Å². The number of hydrogen-bond acceptors (Lipinski definition) is 5. The van der Waals surface area contributed by atoms with Crippen LogP contribution in [0.2, 0.25) is 0 Å². The van der Waals surface area contributed by atoms with E-state index in [2.05, 4.69) is 15.1 Å². The number of benzene rings is 1. The molecule has 1 aliphatic rings. The highest BCUT2D eigenvalue weighted by Crippen LogP contribution is 2.29. The average molecular weight is 334 g/mol. The van der Waals surface area contributed by atoms with Gasteiger partial charge in [0.15, 0.2) is 9.84 Å². The summed E-state index contributed by atoms with van der Waals surface area (Å²) in [6.45, 7) is 3.53. The van der Waals surface area contributed by atoms with Crippen molar-refractivity contribution in [2.24, 2.45) is 7.05 Å². The van der Waals surface area contributed by atoms with Crippen LogP contribution in [0.3, 0.4) is 0 Å². The highest BCUT2D eigenvalue weighted by Gasteiger charge is 2.25. The molecule has 0 aliphatic carbocycles. The minimum atomic E-state index is -3.14. The van der Waals surface area contributed by atoms with E-state index in [1.165, 1.54) is 0 Å². The van der Waals surface area contributed by atoms with Crippen molar-refractivity contribution in [2.75, 3.05) is 23.7 Å². The van der Waals surface area contributed by atoms with Crippen LogP contribution >= 0.6 is 0 Å². The molecular weight excluding hydrogens is 312 g/mol. The maximum absolute atomic E-state index is 11.9. The molecule has 1 aromatic carbocycles. The minimum Gasteiger partial charge on any atom is -0.371 e. The molecule has 0 radical (unpaired) electrons. The molecular formula is C16H22N4O2S. The van der Waals surface area contributed by atoms with Crippen molar-refractivity contribution in [1.29, 1.82) is 0 Å². The zero-order valence-electron chi connectivity index (χ0n) is 13.5. The molecule has 1 fully saturated rings. The van der Waals surface area contributed by atoms with Gasteiger partial charge < -0.3 is 9.47 Å². The summed E-state index contributed by atoms with van der Waals surface area (Å²) in [4.78, 5) is 2.69. The first kappa shape index (κ1) is 16.0. The smallest absolute Gasteiger partial charge is 0.178 e. The van der Waals surface area contributed by atoms with Gasteiger partial charge in [0, 0.05) is 31.7 Å². The van der Waals surface area contributed by atoms with Crippen molar-refractivity contribution in [1.82, 2.24) is 14.8 Å². The molecule has 1 aliphatic heterocycles. The maximum atomic E-state index is 11.9. The third kappa shape index (κ3) is 3.24. The molecule has 0 spiro atoms. The SMILES string of the molecule is CCS(=O)(=O)c1ccc(N2CCCC(c3nncn3C)C2)cc1. The lowest BCUT2D eigenvalue weighted by Gasteiger charge is -2.34. The van der Waals surface area contributed by atoms with Crippen LogP contribution in [-0.4, -0.2) is 42.0 Å². The lowest BCUT2D eigenvalue weighted by atomic mass is 9.96. The van der Waals surface area contributed by atoms with Gasteiger partial charge in [-0.25, -0.2) is 8.42 Å². The van der Waals surface area contributed by atoms with Gasteiger partial charge in [-0.05, 0) is 37.1 Å². The highest BCUT2D eigenvalue weighted by molar-refractivity contribution is 7.91. The summed E-state index contributed by atoms with van der Waals surface area (Å²) in [5, 5.41) is 8.20. The second kappa shape index (κ2) is 6.31. The number of anilines is 1. The van der Waals surface area contributed by atoms with Crippen molar-refractivity contribution in [3.8, 4) is 0 Å². The van der Waals surface area contributed by atoms with Crippen LogP contribution in [0, 0.1) is 0 Å². The number of aryl methyl sites for hydroxylation is 1. The molecule has 0 bridgehead atoms. The Balaban J connectivity index is 1.78. The second-order valence-electron chi connectivity index (χ2n) is 5.98. The Hall–Kier alpha value is -1.89. The molecule has 2 aromatic rings. The molecule has 6 nitrogen and oxygen atoms in total. The Bertz CT molecular complexity index is 768. The second-order valence-corrected chi connectivity index (χ2v) is 8.26. The first-order valence-corrected chi connectivity index (χ1v) is 9.58. The van der Waals surface area contributed by atoms with E-state index in [4.69, 9.17) is 0 Å². The zero-order chi connectivity index (χ0) is 16.4. The van der Waals surface area contributed by atoms with Crippen LogP contribution in [-0.2, 0) is 16.9 Å². The summed E-state index contributed by atoms with van der Waals surface area (Å²) in [5.41, 5.74) is 1.06. The number of sulfone groups is 1. The number of rotatable bonds is 4. The van der Waals surface area contributed by atoms with Crippen LogP contribution in [0.4, 0.5) is 5.69 Å². The first-order valence-electron chi connectivity index (χ1n) is 7.93. The molecule has 1 aromatic heterocycles. The Morgan fingerprint density at radius 3 is 2.61 bits per heavy atom. The van der Waals surface area contributed by atoms with Gasteiger partial charge in [0.25, 0.3) is 0 Å². The fraction of sp³-hybridized carbons (Fsp3) is 0.500. The van der Waals surface area contributed by atoms with Crippen LogP contribution in [0.25, 0.3) is 0 Å². The van der Waals surface area contributed by atoms with Gasteiger partial charge in [0.05, 0.1) is 10.6 Å². The van der Waals surface area contributed by atoms with Gasteiger partial charge in [-0.3, -0.25) is 0 Å². The predicted molar refractivity (Wildman–Crippen MR) is 89.4 cm³/mol. The largest absolute Gasteiger partial charge is 0.371 e. The Morgan fingerprint density at radius 2 is 2.00 bits per heavy atom.